The molecule has 3 aromatic rings. The maximum Gasteiger partial charge on any atom is 0.408 e. The molecule has 0 aromatic heterocycles. The highest BCUT2D eigenvalue weighted by Crippen LogP contribution is 2.10. The van der Waals surface area contributed by atoms with Crippen molar-refractivity contribution < 1.29 is 28.2 Å². The van der Waals surface area contributed by atoms with E-state index in [2.05, 4.69) is 10.6 Å². The lowest BCUT2D eigenvalue weighted by atomic mass is 10.0. The third-order valence-electron chi connectivity index (χ3n) is 5.24. The van der Waals surface area contributed by atoms with E-state index in [1.807, 2.05) is 60.7 Å². The maximum atomic E-state index is 13.6. The molecule has 0 spiro atoms. The van der Waals surface area contributed by atoms with E-state index in [0.717, 1.165) is 11.1 Å². The lowest BCUT2D eigenvalue weighted by Gasteiger charge is -2.22. The van der Waals surface area contributed by atoms with Crippen LogP contribution in [-0.2, 0) is 38.5 Å². The van der Waals surface area contributed by atoms with Gasteiger partial charge in [-0.3, -0.25) is 4.79 Å². The minimum absolute atomic E-state index is 0.0205. The molecule has 182 valence electrons. The standard InChI is InChI=1S/C27H27FN2O5/c1-34-26(32)24(17-21-13-8-14-22(28)15-21)29-25(31)23(16-19-9-4-2-5-10-19)30-27(33)35-18-20-11-6-3-7-12-20/h2-15,23-24H,16-18H2,1H3,(H,29,31)(H,30,33)/t23-,24-/m1/s1. The fraction of sp³-hybridized carbons (Fsp3) is 0.222. The second-order valence-corrected chi connectivity index (χ2v) is 7.87. The van der Waals surface area contributed by atoms with Gasteiger partial charge in [-0.2, -0.15) is 0 Å². The molecule has 0 saturated heterocycles. The Bertz CT molecular complexity index is 1120. The number of halogens is 1. The van der Waals surface area contributed by atoms with Gasteiger partial charge < -0.3 is 20.1 Å². The average molecular weight is 479 g/mol. The summed E-state index contributed by atoms with van der Waals surface area (Å²) in [7, 11) is 1.20. The lowest BCUT2D eigenvalue weighted by molar-refractivity contribution is -0.145. The van der Waals surface area contributed by atoms with Gasteiger partial charge in [0.05, 0.1) is 7.11 Å². The second kappa shape index (κ2) is 12.9. The highest BCUT2D eigenvalue weighted by atomic mass is 19.1. The molecule has 7 nitrogen and oxygen atoms in total. The Hall–Kier alpha value is -4.20. The fourth-order valence-electron chi connectivity index (χ4n) is 3.47. The smallest absolute Gasteiger partial charge is 0.408 e. The first-order valence-electron chi connectivity index (χ1n) is 11.1. The van der Waals surface area contributed by atoms with Gasteiger partial charge in [0.2, 0.25) is 5.91 Å². The molecule has 3 aromatic carbocycles. The Kier molecular flexibility index (Phi) is 9.36. The molecular formula is C27H27FN2O5. The first-order chi connectivity index (χ1) is 16.9. The second-order valence-electron chi connectivity index (χ2n) is 7.87. The zero-order valence-electron chi connectivity index (χ0n) is 19.3. The van der Waals surface area contributed by atoms with Crippen LogP contribution in [0, 0.1) is 5.82 Å². The average Bonchev–Trinajstić information content (AvgIpc) is 2.87. The van der Waals surface area contributed by atoms with E-state index in [1.54, 1.807) is 6.07 Å². The fourth-order valence-corrected chi connectivity index (χ4v) is 3.47. The molecule has 2 amide bonds. The predicted molar refractivity (Wildman–Crippen MR) is 128 cm³/mol. The van der Waals surface area contributed by atoms with Gasteiger partial charge in [-0.05, 0) is 28.8 Å². The van der Waals surface area contributed by atoms with Crippen LogP contribution in [0.25, 0.3) is 0 Å². The Morgan fingerprint density at radius 2 is 1.37 bits per heavy atom. The zero-order chi connectivity index (χ0) is 25.0. The van der Waals surface area contributed by atoms with Crippen LogP contribution in [0.15, 0.2) is 84.9 Å². The van der Waals surface area contributed by atoms with Crippen molar-refractivity contribution in [2.45, 2.75) is 31.5 Å². The molecule has 0 saturated carbocycles. The summed E-state index contributed by atoms with van der Waals surface area (Å²) in [5.41, 5.74) is 2.11. The molecular weight excluding hydrogens is 451 g/mol. The monoisotopic (exact) mass is 478 g/mol. The molecule has 3 rings (SSSR count). The van der Waals surface area contributed by atoms with Gasteiger partial charge in [0.25, 0.3) is 0 Å². The topological polar surface area (TPSA) is 93.7 Å². The van der Waals surface area contributed by atoms with Gasteiger partial charge in [-0.25, -0.2) is 14.0 Å². The van der Waals surface area contributed by atoms with Gasteiger partial charge in [0, 0.05) is 12.8 Å². The number of alkyl carbamates (subject to hydrolysis) is 1. The summed E-state index contributed by atoms with van der Waals surface area (Å²) in [4.78, 5) is 38.0. The van der Waals surface area contributed by atoms with Gasteiger partial charge in [0.15, 0.2) is 0 Å². The highest BCUT2D eigenvalue weighted by molar-refractivity contribution is 5.90. The van der Waals surface area contributed by atoms with E-state index >= 15 is 0 Å². The molecule has 2 N–H and O–H groups in total. The van der Waals surface area contributed by atoms with E-state index in [1.165, 1.54) is 25.3 Å². The van der Waals surface area contributed by atoms with E-state index in [0.29, 0.717) is 5.56 Å². The van der Waals surface area contributed by atoms with Crippen LogP contribution in [0.2, 0.25) is 0 Å². The number of ether oxygens (including phenoxy) is 2. The van der Waals surface area contributed by atoms with Crippen molar-refractivity contribution in [2.75, 3.05) is 7.11 Å². The minimum atomic E-state index is -1.07. The van der Waals surface area contributed by atoms with Crippen LogP contribution in [0.3, 0.4) is 0 Å². The summed E-state index contributed by atoms with van der Waals surface area (Å²) < 4.78 is 23.7. The van der Waals surface area contributed by atoms with Crippen molar-refractivity contribution in [1.82, 2.24) is 10.6 Å². The summed E-state index contributed by atoms with van der Waals surface area (Å²) in [5, 5.41) is 5.21. The Morgan fingerprint density at radius 3 is 2.00 bits per heavy atom. The van der Waals surface area contributed by atoms with Gasteiger partial charge in [-0.1, -0.05) is 72.8 Å². The summed E-state index contributed by atoms with van der Waals surface area (Å²) >= 11 is 0. The first-order valence-corrected chi connectivity index (χ1v) is 11.1. The van der Waals surface area contributed by atoms with Gasteiger partial charge >= 0.3 is 12.1 Å². The van der Waals surface area contributed by atoms with E-state index in [-0.39, 0.29) is 19.4 Å². The molecule has 0 bridgehead atoms. The molecule has 35 heavy (non-hydrogen) atoms. The van der Waals surface area contributed by atoms with Crippen molar-refractivity contribution in [3.63, 3.8) is 0 Å². The summed E-state index contributed by atoms with van der Waals surface area (Å²) in [6.45, 7) is 0.0384. The lowest BCUT2D eigenvalue weighted by Crippen LogP contribution is -2.53. The number of rotatable bonds is 10. The van der Waals surface area contributed by atoms with Crippen LogP contribution in [0.5, 0.6) is 0 Å². The molecule has 0 fully saturated rings. The quantitative estimate of drug-likeness (QED) is 0.435. The van der Waals surface area contributed by atoms with Crippen LogP contribution in [0.4, 0.5) is 9.18 Å². The summed E-state index contributed by atoms with van der Waals surface area (Å²) in [6.07, 6.45) is -0.585. The predicted octanol–water partition coefficient (Wildman–Crippen LogP) is 3.56. The number of amides is 2. The number of esters is 1. The number of hydrogen-bond donors (Lipinski definition) is 2. The minimum Gasteiger partial charge on any atom is -0.467 e. The maximum absolute atomic E-state index is 13.6. The van der Waals surface area contributed by atoms with Crippen LogP contribution >= 0.6 is 0 Å². The van der Waals surface area contributed by atoms with Crippen LogP contribution < -0.4 is 10.6 Å². The molecule has 0 radical (unpaired) electrons. The van der Waals surface area contributed by atoms with Crippen molar-refractivity contribution in [3.05, 3.63) is 107 Å². The number of hydrogen-bond acceptors (Lipinski definition) is 5. The third-order valence-corrected chi connectivity index (χ3v) is 5.24. The van der Waals surface area contributed by atoms with E-state index in [4.69, 9.17) is 9.47 Å². The molecule has 2 atom stereocenters. The van der Waals surface area contributed by atoms with Crippen LogP contribution in [0.1, 0.15) is 16.7 Å². The molecule has 0 heterocycles. The SMILES string of the molecule is COC(=O)[C@@H](Cc1cccc(F)c1)NC(=O)[C@@H](Cc1ccccc1)NC(=O)OCc1ccccc1. The number of methoxy groups -OCH3 is 1. The normalized spacial score (nSPS) is 12.2. The van der Waals surface area contributed by atoms with Crippen molar-refractivity contribution in [3.8, 4) is 0 Å². The zero-order valence-corrected chi connectivity index (χ0v) is 19.3. The molecule has 0 aliphatic rings. The van der Waals surface area contributed by atoms with E-state index < -0.39 is 35.9 Å². The molecule has 0 unspecified atom stereocenters. The Labute approximate surface area is 203 Å². The highest BCUT2D eigenvalue weighted by Gasteiger charge is 2.28. The first kappa shape index (κ1) is 25.4. The van der Waals surface area contributed by atoms with Crippen molar-refractivity contribution in [2.24, 2.45) is 0 Å². The number of carbonyl (C=O) groups excluding carboxylic acids is 3. The summed E-state index contributed by atoms with van der Waals surface area (Å²) in [6, 6.07) is 21.9. The Balaban J connectivity index is 1.71. The molecule has 0 aliphatic heterocycles. The summed E-state index contributed by atoms with van der Waals surface area (Å²) in [5.74, 6) is -1.74. The van der Waals surface area contributed by atoms with Gasteiger partial charge in [0.1, 0.15) is 24.5 Å². The van der Waals surface area contributed by atoms with Crippen molar-refractivity contribution >= 4 is 18.0 Å². The van der Waals surface area contributed by atoms with Gasteiger partial charge in [-0.15, -0.1) is 0 Å². The third kappa shape index (κ3) is 8.26. The molecule has 8 heteroatoms. The van der Waals surface area contributed by atoms with Crippen LogP contribution in [-0.4, -0.2) is 37.2 Å². The van der Waals surface area contributed by atoms with Crippen molar-refractivity contribution in [1.29, 1.82) is 0 Å². The largest absolute Gasteiger partial charge is 0.467 e. The Morgan fingerprint density at radius 1 is 0.771 bits per heavy atom. The number of carbonyl (C=O) groups is 3. The number of benzene rings is 3. The number of nitrogens with one attached hydrogen (secondary N) is 2. The van der Waals surface area contributed by atoms with E-state index in [9.17, 15) is 18.8 Å². The molecule has 0 aliphatic carbocycles.